The van der Waals surface area contributed by atoms with Gasteiger partial charge in [-0.05, 0) is 6.07 Å². The molecular formula is C9H11N3OS. The van der Waals surface area contributed by atoms with Crippen molar-refractivity contribution >= 4 is 11.3 Å². The van der Waals surface area contributed by atoms with Gasteiger partial charge >= 0.3 is 0 Å². The van der Waals surface area contributed by atoms with Crippen LogP contribution in [0.15, 0.2) is 23.8 Å². The van der Waals surface area contributed by atoms with E-state index in [0.29, 0.717) is 0 Å². The van der Waals surface area contributed by atoms with E-state index in [1.54, 1.807) is 0 Å². The number of hydrogen-bond acceptors (Lipinski definition) is 4. The fourth-order valence-electron chi connectivity index (χ4n) is 1.14. The summed E-state index contributed by atoms with van der Waals surface area (Å²) in [6.07, 6.45) is 3.73. The molecule has 2 heterocycles. The van der Waals surface area contributed by atoms with E-state index in [4.69, 9.17) is 10.8 Å². The first-order valence-electron chi connectivity index (χ1n) is 4.26. The highest BCUT2D eigenvalue weighted by Crippen LogP contribution is 2.24. The fourth-order valence-corrected chi connectivity index (χ4v) is 2.02. The molecule has 2 rings (SSSR count). The summed E-state index contributed by atoms with van der Waals surface area (Å²) in [6.45, 7) is -0.0731. The first-order chi connectivity index (χ1) is 6.81. The van der Waals surface area contributed by atoms with Crippen molar-refractivity contribution in [1.29, 1.82) is 0 Å². The van der Waals surface area contributed by atoms with E-state index in [-0.39, 0.29) is 12.6 Å². The number of H-pyrrole nitrogens is 1. The van der Waals surface area contributed by atoms with Gasteiger partial charge in [-0.2, -0.15) is 0 Å². The van der Waals surface area contributed by atoms with E-state index < -0.39 is 0 Å². The number of aliphatic hydroxyl groups is 1. The third-order valence-corrected chi connectivity index (χ3v) is 2.85. The lowest BCUT2D eigenvalue weighted by Crippen LogP contribution is -2.14. The number of nitrogens with two attached hydrogens (primary N) is 1. The van der Waals surface area contributed by atoms with E-state index in [1.807, 2.05) is 23.8 Å². The average molecular weight is 209 g/mol. The Bertz CT molecular complexity index is 396. The number of aromatic nitrogens is 2. The molecule has 0 fully saturated rings. The van der Waals surface area contributed by atoms with Gasteiger partial charge in [-0.1, -0.05) is 0 Å². The van der Waals surface area contributed by atoms with Crippen LogP contribution in [0.25, 0.3) is 10.6 Å². The zero-order valence-electron chi connectivity index (χ0n) is 7.47. The van der Waals surface area contributed by atoms with Gasteiger partial charge in [0.05, 0.1) is 18.3 Å². The summed E-state index contributed by atoms with van der Waals surface area (Å²) in [5.41, 5.74) is 7.44. The Kier molecular flexibility index (Phi) is 2.62. The maximum Gasteiger partial charge on any atom is 0.125 e. The van der Waals surface area contributed by atoms with Gasteiger partial charge in [0.15, 0.2) is 0 Å². The number of hydrogen-bond donors (Lipinski definition) is 3. The van der Waals surface area contributed by atoms with Crippen molar-refractivity contribution in [1.82, 2.24) is 9.97 Å². The van der Waals surface area contributed by atoms with Crippen LogP contribution >= 0.6 is 11.3 Å². The smallest absolute Gasteiger partial charge is 0.125 e. The molecule has 1 atom stereocenters. The SMILES string of the molecule is NC(CO)c1csc(-c2cc[nH]c2)n1. The van der Waals surface area contributed by atoms with Gasteiger partial charge in [0, 0.05) is 23.3 Å². The summed E-state index contributed by atoms with van der Waals surface area (Å²) in [5.74, 6) is 0. The van der Waals surface area contributed by atoms with Crippen molar-refractivity contribution in [2.75, 3.05) is 6.61 Å². The van der Waals surface area contributed by atoms with Crippen molar-refractivity contribution in [2.45, 2.75) is 6.04 Å². The highest BCUT2D eigenvalue weighted by atomic mass is 32.1. The highest BCUT2D eigenvalue weighted by Gasteiger charge is 2.10. The molecule has 0 bridgehead atoms. The summed E-state index contributed by atoms with van der Waals surface area (Å²) >= 11 is 1.53. The van der Waals surface area contributed by atoms with Gasteiger partial charge < -0.3 is 15.8 Å². The lowest BCUT2D eigenvalue weighted by Gasteiger charge is -2.01. The molecule has 5 heteroatoms. The van der Waals surface area contributed by atoms with E-state index in [9.17, 15) is 0 Å². The van der Waals surface area contributed by atoms with Crippen LogP contribution in [-0.4, -0.2) is 21.7 Å². The van der Waals surface area contributed by atoms with E-state index in [1.165, 1.54) is 11.3 Å². The van der Waals surface area contributed by atoms with Gasteiger partial charge in [0.25, 0.3) is 0 Å². The minimum absolute atomic E-state index is 0.0731. The number of aliphatic hydroxyl groups excluding tert-OH is 1. The summed E-state index contributed by atoms with van der Waals surface area (Å²) in [5, 5.41) is 11.7. The molecule has 2 aromatic heterocycles. The predicted molar refractivity (Wildman–Crippen MR) is 55.9 cm³/mol. The van der Waals surface area contributed by atoms with Gasteiger partial charge in [0.1, 0.15) is 5.01 Å². The van der Waals surface area contributed by atoms with Crippen LogP contribution in [-0.2, 0) is 0 Å². The van der Waals surface area contributed by atoms with Crippen molar-refractivity contribution < 1.29 is 5.11 Å². The second-order valence-electron chi connectivity index (χ2n) is 2.97. The summed E-state index contributed by atoms with van der Waals surface area (Å²) < 4.78 is 0. The number of thiazole rings is 1. The molecule has 0 amide bonds. The Hall–Kier alpha value is -1.17. The molecule has 0 saturated carbocycles. The Morgan fingerprint density at radius 1 is 1.64 bits per heavy atom. The molecule has 0 aliphatic carbocycles. The van der Waals surface area contributed by atoms with E-state index >= 15 is 0 Å². The first kappa shape index (κ1) is 9.39. The zero-order valence-corrected chi connectivity index (χ0v) is 8.29. The van der Waals surface area contributed by atoms with Crippen LogP contribution in [0.5, 0.6) is 0 Å². The number of aromatic amines is 1. The van der Waals surface area contributed by atoms with Crippen molar-refractivity contribution in [3.63, 3.8) is 0 Å². The lowest BCUT2D eigenvalue weighted by atomic mass is 10.2. The molecular weight excluding hydrogens is 198 g/mol. The van der Waals surface area contributed by atoms with Gasteiger partial charge in [-0.25, -0.2) is 4.98 Å². The van der Waals surface area contributed by atoms with Crippen molar-refractivity contribution in [2.24, 2.45) is 5.73 Å². The highest BCUT2D eigenvalue weighted by molar-refractivity contribution is 7.13. The number of rotatable bonds is 3. The molecule has 2 aromatic rings. The van der Waals surface area contributed by atoms with E-state index in [2.05, 4.69) is 9.97 Å². The van der Waals surface area contributed by atoms with Crippen molar-refractivity contribution in [3.05, 3.63) is 29.5 Å². The molecule has 1 unspecified atom stereocenters. The minimum Gasteiger partial charge on any atom is -0.394 e. The first-order valence-corrected chi connectivity index (χ1v) is 5.14. The zero-order chi connectivity index (χ0) is 9.97. The molecule has 0 saturated heterocycles. The van der Waals surface area contributed by atoms with Crippen LogP contribution in [0.3, 0.4) is 0 Å². The second kappa shape index (κ2) is 3.91. The third kappa shape index (κ3) is 1.70. The quantitative estimate of drug-likeness (QED) is 0.709. The Labute approximate surface area is 85.4 Å². The van der Waals surface area contributed by atoms with Gasteiger partial charge in [-0.3, -0.25) is 0 Å². The molecule has 0 spiro atoms. The average Bonchev–Trinajstić information content (AvgIpc) is 2.86. The van der Waals surface area contributed by atoms with Gasteiger partial charge in [-0.15, -0.1) is 11.3 Å². The predicted octanol–water partition coefficient (Wildman–Crippen LogP) is 1.13. The van der Waals surface area contributed by atoms with Crippen LogP contribution in [0.2, 0.25) is 0 Å². The minimum atomic E-state index is -0.376. The van der Waals surface area contributed by atoms with E-state index in [0.717, 1.165) is 16.3 Å². The molecule has 0 aliphatic rings. The van der Waals surface area contributed by atoms with Crippen molar-refractivity contribution in [3.8, 4) is 10.6 Å². The standard InChI is InChI=1S/C9H11N3OS/c10-7(4-13)8-5-14-9(12-8)6-1-2-11-3-6/h1-3,5,7,11,13H,4,10H2. The fraction of sp³-hybridized carbons (Fsp3) is 0.222. The summed E-state index contributed by atoms with van der Waals surface area (Å²) in [7, 11) is 0. The Morgan fingerprint density at radius 2 is 2.50 bits per heavy atom. The van der Waals surface area contributed by atoms with Crippen LogP contribution in [0.4, 0.5) is 0 Å². The maximum absolute atomic E-state index is 8.86. The molecule has 0 radical (unpaired) electrons. The molecule has 0 aliphatic heterocycles. The lowest BCUT2D eigenvalue weighted by molar-refractivity contribution is 0.266. The number of nitrogens with zero attached hydrogens (tertiary/aromatic N) is 1. The largest absolute Gasteiger partial charge is 0.394 e. The maximum atomic E-state index is 8.86. The number of nitrogens with one attached hydrogen (secondary N) is 1. The van der Waals surface area contributed by atoms with Crippen LogP contribution in [0, 0.1) is 0 Å². The monoisotopic (exact) mass is 209 g/mol. The topological polar surface area (TPSA) is 74.9 Å². The molecule has 14 heavy (non-hydrogen) atoms. The molecule has 0 aromatic carbocycles. The Balaban J connectivity index is 2.26. The summed E-state index contributed by atoms with van der Waals surface area (Å²) in [6, 6.07) is 1.58. The van der Waals surface area contributed by atoms with Crippen LogP contribution < -0.4 is 5.73 Å². The van der Waals surface area contributed by atoms with Gasteiger partial charge in [0.2, 0.25) is 0 Å². The molecule has 74 valence electrons. The third-order valence-electron chi connectivity index (χ3n) is 1.94. The normalized spacial score (nSPS) is 13.0. The molecule has 4 N–H and O–H groups in total. The molecule has 4 nitrogen and oxygen atoms in total. The summed E-state index contributed by atoms with van der Waals surface area (Å²) in [4.78, 5) is 7.30. The second-order valence-corrected chi connectivity index (χ2v) is 3.82. The Morgan fingerprint density at radius 3 is 3.14 bits per heavy atom. The van der Waals surface area contributed by atoms with Crippen LogP contribution in [0.1, 0.15) is 11.7 Å².